The van der Waals surface area contributed by atoms with Crippen molar-refractivity contribution in [3.8, 4) is 0 Å². The van der Waals surface area contributed by atoms with Crippen LogP contribution in [0.5, 0.6) is 0 Å². The van der Waals surface area contributed by atoms with E-state index in [9.17, 15) is 9.59 Å². The first-order chi connectivity index (χ1) is 12.1. The third-order valence-electron chi connectivity index (χ3n) is 3.70. The van der Waals surface area contributed by atoms with Crippen LogP contribution in [-0.4, -0.2) is 16.8 Å². The number of amides is 2. The minimum atomic E-state index is -0.166. The molecule has 0 aliphatic rings. The molecule has 2 heterocycles. The number of benzene rings is 1. The van der Waals surface area contributed by atoms with Gasteiger partial charge in [-0.15, -0.1) is 11.3 Å². The van der Waals surface area contributed by atoms with Crippen molar-refractivity contribution in [1.82, 2.24) is 10.3 Å². The molecule has 0 saturated heterocycles. The first kappa shape index (κ1) is 16.9. The zero-order valence-corrected chi connectivity index (χ0v) is 14.4. The highest BCUT2D eigenvalue weighted by molar-refractivity contribution is 7.12. The molecule has 0 saturated carbocycles. The van der Waals surface area contributed by atoms with Crippen LogP contribution in [0.4, 0.5) is 5.69 Å². The quantitative estimate of drug-likeness (QED) is 0.733. The standard InChI is InChI=1S/C19H17N3O2S/c1-13(14-8-10-20-11-9-14)21-18(23)15-4-6-16(7-5-15)22-19(24)17-3-2-12-25-17/h2-13H,1H3,(H,21,23)(H,22,24). The summed E-state index contributed by atoms with van der Waals surface area (Å²) in [5, 5.41) is 7.61. The van der Waals surface area contributed by atoms with Crippen LogP contribution in [0.1, 0.15) is 38.6 Å². The Kier molecular flexibility index (Phi) is 5.20. The average molecular weight is 351 g/mol. The number of thiophene rings is 1. The van der Waals surface area contributed by atoms with Gasteiger partial charge in [0.25, 0.3) is 11.8 Å². The van der Waals surface area contributed by atoms with Gasteiger partial charge in [-0.3, -0.25) is 14.6 Å². The van der Waals surface area contributed by atoms with Crippen LogP contribution in [0.2, 0.25) is 0 Å². The van der Waals surface area contributed by atoms with Crippen LogP contribution in [0.3, 0.4) is 0 Å². The molecule has 0 radical (unpaired) electrons. The fourth-order valence-electron chi connectivity index (χ4n) is 2.32. The van der Waals surface area contributed by atoms with Gasteiger partial charge in [-0.25, -0.2) is 0 Å². The van der Waals surface area contributed by atoms with Gasteiger partial charge in [-0.2, -0.15) is 0 Å². The average Bonchev–Trinajstić information content (AvgIpc) is 3.18. The molecule has 25 heavy (non-hydrogen) atoms. The maximum atomic E-state index is 12.3. The molecule has 0 bridgehead atoms. The Morgan fingerprint density at radius 1 is 1.00 bits per heavy atom. The Balaban J connectivity index is 1.61. The summed E-state index contributed by atoms with van der Waals surface area (Å²) in [6, 6.07) is 14.0. The molecule has 2 amide bonds. The van der Waals surface area contributed by atoms with Crippen molar-refractivity contribution in [3.05, 3.63) is 82.3 Å². The summed E-state index contributed by atoms with van der Waals surface area (Å²) in [6.07, 6.45) is 3.39. The molecule has 3 aromatic rings. The van der Waals surface area contributed by atoms with Crippen molar-refractivity contribution in [2.75, 3.05) is 5.32 Å². The summed E-state index contributed by atoms with van der Waals surface area (Å²) in [5.74, 6) is -0.320. The summed E-state index contributed by atoms with van der Waals surface area (Å²) in [6.45, 7) is 1.92. The normalized spacial score (nSPS) is 11.6. The smallest absolute Gasteiger partial charge is 0.265 e. The minimum Gasteiger partial charge on any atom is -0.346 e. The molecule has 0 spiro atoms. The fraction of sp³-hybridized carbons (Fsp3) is 0.105. The van der Waals surface area contributed by atoms with Crippen LogP contribution in [0, 0.1) is 0 Å². The number of carbonyl (C=O) groups is 2. The number of nitrogens with zero attached hydrogens (tertiary/aromatic N) is 1. The fourth-order valence-corrected chi connectivity index (χ4v) is 2.94. The summed E-state index contributed by atoms with van der Waals surface area (Å²) in [7, 11) is 0. The molecule has 3 rings (SSSR count). The number of nitrogens with one attached hydrogen (secondary N) is 2. The van der Waals surface area contributed by atoms with Crippen LogP contribution in [0.15, 0.2) is 66.3 Å². The van der Waals surface area contributed by atoms with Gasteiger partial charge in [0.2, 0.25) is 0 Å². The third kappa shape index (κ3) is 4.30. The number of carbonyl (C=O) groups excluding carboxylic acids is 2. The van der Waals surface area contributed by atoms with Gasteiger partial charge < -0.3 is 10.6 Å². The van der Waals surface area contributed by atoms with Crippen molar-refractivity contribution < 1.29 is 9.59 Å². The van der Waals surface area contributed by atoms with Crippen LogP contribution in [-0.2, 0) is 0 Å². The van der Waals surface area contributed by atoms with Gasteiger partial charge in [-0.05, 0) is 60.3 Å². The molecule has 126 valence electrons. The summed E-state index contributed by atoms with van der Waals surface area (Å²) < 4.78 is 0. The largest absolute Gasteiger partial charge is 0.346 e. The maximum absolute atomic E-state index is 12.3. The molecule has 1 atom stereocenters. The van der Waals surface area contributed by atoms with Crippen molar-refractivity contribution in [2.45, 2.75) is 13.0 Å². The summed E-state index contributed by atoms with van der Waals surface area (Å²) in [5.41, 5.74) is 2.18. The zero-order valence-electron chi connectivity index (χ0n) is 13.6. The Morgan fingerprint density at radius 3 is 2.36 bits per heavy atom. The van der Waals surface area contributed by atoms with Gasteiger partial charge in [0, 0.05) is 23.6 Å². The lowest BCUT2D eigenvalue weighted by Gasteiger charge is -2.14. The molecule has 0 aliphatic heterocycles. The van der Waals surface area contributed by atoms with Gasteiger partial charge in [0.05, 0.1) is 10.9 Å². The monoisotopic (exact) mass is 351 g/mol. The van der Waals surface area contributed by atoms with Gasteiger partial charge in [0.15, 0.2) is 0 Å². The SMILES string of the molecule is CC(NC(=O)c1ccc(NC(=O)c2cccs2)cc1)c1ccncc1. The third-order valence-corrected chi connectivity index (χ3v) is 4.57. The van der Waals surface area contributed by atoms with Gasteiger partial charge in [0.1, 0.15) is 0 Å². The van der Waals surface area contributed by atoms with Crippen LogP contribution < -0.4 is 10.6 Å². The molecular formula is C19H17N3O2S. The molecule has 2 aromatic heterocycles. The molecule has 0 fully saturated rings. The molecule has 1 unspecified atom stereocenters. The van der Waals surface area contributed by atoms with E-state index < -0.39 is 0 Å². The van der Waals surface area contributed by atoms with E-state index in [2.05, 4.69) is 15.6 Å². The topological polar surface area (TPSA) is 71.1 Å². The Morgan fingerprint density at radius 2 is 1.72 bits per heavy atom. The van der Waals surface area contributed by atoms with E-state index >= 15 is 0 Å². The van der Waals surface area contributed by atoms with Crippen molar-refractivity contribution in [1.29, 1.82) is 0 Å². The lowest BCUT2D eigenvalue weighted by molar-refractivity contribution is 0.0939. The van der Waals surface area contributed by atoms with E-state index in [-0.39, 0.29) is 17.9 Å². The molecular weight excluding hydrogens is 334 g/mol. The zero-order chi connectivity index (χ0) is 17.6. The van der Waals surface area contributed by atoms with Crippen molar-refractivity contribution >= 4 is 28.8 Å². The van der Waals surface area contributed by atoms with E-state index in [0.717, 1.165) is 5.56 Å². The van der Waals surface area contributed by atoms with E-state index in [0.29, 0.717) is 16.1 Å². The Labute approximate surface area is 149 Å². The number of aromatic nitrogens is 1. The van der Waals surface area contributed by atoms with E-state index in [1.54, 1.807) is 42.7 Å². The Hall–Kier alpha value is -2.99. The second kappa shape index (κ2) is 7.72. The number of hydrogen-bond acceptors (Lipinski definition) is 4. The number of anilines is 1. The molecule has 5 nitrogen and oxygen atoms in total. The lowest BCUT2D eigenvalue weighted by Crippen LogP contribution is -2.26. The lowest BCUT2D eigenvalue weighted by atomic mass is 10.1. The first-order valence-corrected chi connectivity index (χ1v) is 8.67. The second-order valence-electron chi connectivity index (χ2n) is 5.48. The summed E-state index contributed by atoms with van der Waals surface area (Å²) >= 11 is 1.38. The first-order valence-electron chi connectivity index (χ1n) is 7.79. The Bertz CT molecular complexity index is 846. The van der Waals surface area contributed by atoms with Gasteiger partial charge >= 0.3 is 0 Å². The summed E-state index contributed by atoms with van der Waals surface area (Å²) in [4.78, 5) is 29.0. The van der Waals surface area contributed by atoms with Crippen LogP contribution >= 0.6 is 11.3 Å². The highest BCUT2D eigenvalue weighted by Gasteiger charge is 2.12. The van der Waals surface area contributed by atoms with Crippen LogP contribution in [0.25, 0.3) is 0 Å². The molecule has 1 aromatic carbocycles. The van der Waals surface area contributed by atoms with Crippen molar-refractivity contribution in [2.24, 2.45) is 0 Å². The number of hydrogen-bond donors (Lipinski definition) is 2. The van der Waals surface area contributed by atoms with E-state index in [1.807, 2.05) is 30.5 Å². The maximum Gasteiger partial charge on any atom is 0.265 e. The highest BCUT2D eigenvalue weighted by atomic mass is 32.1. The minimum absolute atomic E-state index is 0.117. The van der Waals surface area contributed by atoms with Gasteiger partial charge in [-0.1, -0.05) is 6.07 Å². The highest BCUT2D eigenvalue weighted by Crippen LogP contribution is 2.16. The predicted molar refractivity (Wildman–Crippen MR) is 98.8 cm³/mol. The van der Waals surface area contributed by atoms with E-state index in [4.69, 9.17) is 0 Å². The number of rotatable bonds is 5. The molecule has 6 heteroatoms. The van der Waals surface area contributed by atoms with E-state index in [1.165, 1.54) is 11.3 Å². The predicted octanol–water partition coefficient (Wildman–Crippen LogP) is 3.89. The molecule has 2 N–H and O–H groups in total. The van der Waals surface area contributed by atoms with Crippen molar-refractivity contribution in [3.63, 3.8) is 0 Å². The molecule has 0 aliphatic carbocycles. The second-order valence-corrected chi connectivity index (χ2v) is 6.43. The number of pyridine rings is 1.